The fourth-order valence-electron chi connectivity index (χ4n) is 3.07. The molecule has 4 aromatic rings. The number of pyridine rings is 1. The van der Waals surface area contributed by atoms with Crippen LogP contribution in [0.25, 0.3) is 21.3 Å². The van der Waals surface area contributed by atoms with Gasteiger partial charge in [-0.25, -0.2) is 9.78 Å². The van der Waals surface area contributed by atoms with Crippen LogP contribution < -0.4 is 10.1 Å². The van der Waals surface area contributed by atoms with Crippen molar-refractivity contribution in [3.8, 4) is 16.9 Å². The molecule has 4 rings (SSSR count). The Hall–Kier alpha value is -3.16. The number of benzene rings is 2. The van der Waals surface area contributed by atoms with Crippen molar-refractivity contribution in [1.29, 1.82) is 0 Å². The highest BCUT2D eigenvalue weighted by molar-refractivity contribution is 7.23. The predicted octanol–water partition coefficient (Wildman–Crippen LogP) is 5.45. The van der Waals surface area contributed by atoms with Crippen molar-refractivity contribution in [2.24, 2.45) is 0 Å². The first-order chi connectivity index (χ1) is 14.2. The number of amides is 2. The smallest absolute Gasteiger partial charge is 0.323 e. The summed E-state index contributed by atoms with van der Waals surface area (Å²) in [6.45, 7) is 0.484. The second-order valence-corrected chi connectivity index (χ2v) is 7.52. The van der Waals surface area contributed by atoms with E-state index in [1.807, 2.05) is 42.5 Å². The number of anilines is 1. The van der Waals surface area contributed by atoms with Crippen molar-refractivity contribution in [3.63, 3.8) is 0 Å². The first-order valence-corrected chi connectivity index (χ1v) is 9.91. The lowest BCUT2D eigenvalue weighted by molar-refractivity contribution is 0.220. The zero-order chi connectivity index (χ0) is 20.2. The van der Waals surface area contributed by atoms with Gasteiger partial charge in [0.25, 0.3) is 0 Å². The van der Waals surface area contributed by atoms with Gasteiger partial charge in [-0.1, -0.05) is 41.7 Å². The summed E-state index contributed by atoms with van der Waals surface area (Å²) in [5.74, 6) is 0.682. The molecular formula is C22H21ClN4O2S. The number of hydrogen-bond donors (Lipinski definition) is 1. The summed E-state index contributed by atoms with van der Waals surface area (Å²) in [5, 5.41) is 3.44. The van der Waals surface area contributed by atoms with Crippen LogP contribution in [0.4, 0.5) is 9.93 Å². The summed E-state index contributed by atoms with van der Waals surface area (Å²) in [5.41, 5.74) is 3.90. The van der Waals surface area contributed by atoms with Crippen LogP contribution in [-0.4, -0.2) is 35.1 Å². The Morgan fingerprint density at radius 2 is 1.83 bits per heavy atom. The Morgan fingerprint density at radius 3 is 2.53 bits per heavy atom. The molecule has 0 spiro atoms. The standard InChI is InChI=1S/C22H20N4O2S.ClH/c1-26(14-15-10-12-23-13-11-15)22(27)25-21-24-19-18(28-2)9-8-17(20(19)29-21)16-6-4-3-5-7-16;/h3-13H,14H2,1-2H3,(H,24,25,27);1H. The third kappa shape index (κ3) is 4.53. The molecule has 2 amide bonds. The number of carbonyl (C=O) groups is 1. The molecule has 0 bridgehead atoms. The number of fused-ring (bicyclic) bond motifs is 1. The summed E-state index contributed by atoms with van der Waals surface area (Å²) in [6.07, 6.45) is 3.43. The molecule has 0 aliphatic heterocycles. The minimum absolute atomic E-state index is 0. The van der Waals surface area contributed by atoms with E-state index < -0.39 is 0 Å². The van der Waals surface area contributed by atoms with E-state index in [2.05, 4.69) is 27.4 Å². The van der Waals surface area contributed by atoms with E-state index in [1.165, 1.54) is 11.3 Å². The third-order valence-corrected chi connectivity index (χ3v) is 5.55. The minimum Gasteiger partial charge on any atom is -0.494 e. The number of nitrogens with one attached hydrogen (secondary N) is 1. The molecule has 2 aromatic heterocycles. The monoisotopic (exact) mass is 440 g/mol. The number of aromatic nitrogens is 2. The number of urea groups is 1. The minimum atomic E-state index is -0.221. The van der Waals surface area contributed by atoms with Crippen LogP contribution in [0.2, 0.25) is 0 Å². The molecular weight excluding hydrogens is 420 g/mol. The van der Waals surface area contributed by atoms with E-state index in [-0.39, 0.29) is 18.4 Å². The van der Waals surface area contributed by atoms with Gasteiger partial charge in [-0.2, -0.15) is 0 Å². The molecule has 2 aromatic carbocycles. The second-order valence-electron chi connectivity index (χ2n) is 6.52. The van der Waals surface area contributed by atoms with Crippen LogP contribution in [0.5, 0.6) is 5.75 Å². The molecule has 0 unspecified atom stereocenters. The van der Waals surface area contributed by atoms with Gasteiger partial charge in [-0.15, -0.1) is 12.4 Å². The highest BCUT2D eigenvalue weighted by Gasteiger charge is 2.17. The van der Waals surface area contributed by atoms with Crippen LogP contribution in [0.15, 0.2) is 67.0 Å². The maximum Gasteiger partial charge on any atom is 0.323 e. The van der Waals surface area contributed by atoms with Crippen molar-refractivity contribution in [2.45, 2.75) is 6.54 Å². The molecule has 0 fully saturated rings. The van der Waals surface area contributed by atoms with Gasteiger partial charge < -0.3 is 9.64 Å². The molecule has 0 radical (unpaired) electrons. The van der Waals surface area contributed by atoms with Crippen molar-refractivity contribution in [2.75, 3.05) is 19.5 Å². The van der Waals surface area contributed by atoms with E-state index in [9.17, 15) is 4.79 Å². The van der Waals surface area contributed by atoms with E-state index >= 15 is 0 Å². The molecule has 0 saturated heterocycles. The van der Waals surface area contributed by atoms with E-state index in [0.717, 1.165) is 26.9 Å². The van der Waals surface area contributed by atoms with E-state index in [1.54, 1.807) is 31.5 Å². The topological polar surface area (TPSA) is 67.3 Å². The first kappa shape index (κ1) is 21.5. The van der Waals surface area contributed by atoms with Crippen LogP contribution in [0.3, 0.4) is 0 Å². The molecule has 1 N–H and O–H groups in total. The summed E-state index contributed by atoms with van der Waals surface area (Å²) >= 11 is 1.44. The summed E-state index contributed by atoms with van der Waals surface area (Å²) in [6, 6.07) is 17.6. The first-order valence-electron chi connectivity index (χ1n) is 9.09. The maximum absolute atomic E-state index is 12.6. The van der Waals surface area contributed by atoms with Crippen LogP contribution in [0.1, 0.15) is 5.56 Å². The number of methoxy groups -OCH3 is 1. The predicted molar refractivity (Wildman–Crippen MR) is 124 cm³/mol. The Labute approximate surface area is 185 Å². The van der Waals surface area contributed by atoms with Gasteiger partial charge in [-0.3, -0.25) is 10.3 Å². The number of thiazole rings is 1. The Morgan fingerprint density at radius 1 is 1.10 bits per heavy atom. The summed E-state index contributed by atoms with van der Waals surface area (Å²) < 4.78 is 6.45. The highest BCUT2D eigenvalue weighted by atomic mass is 35.5. The van der Waals surface area contributed by atoms with Gasteiger partial charge in [0.2, 0.25) is 0 Å². The third-order valence-electron chi connectivity index (χ3n) is 4.54. The molecule has 6 nitrogen and oxygen atoms in total. The molecule has 0 aliphatic rings. The molecule has 0 aliphatic carbocycles. The molecule has 30 heavy (non-hydrogen) atoms. The lowest BCUT2D eigenvalue weighted by atomic mass is 10.1. The number of nitrogens with zero attached hydrogens (tertiary/aromatic N) is 3. The number of hydrogen-bond acceptors (Lipinski definition) is 5. The number of carbonyl (C=O) groups excluding carboxylic acids is 1. The second kappa shape index (κ2) is 9.56. The fraction of sp³-hybridized carbons (Fsp3) is 0.136. The SMILES string of the molecule is COc1ccc(-c2ccccc2)c2sc(NC(=O)N(C)Cc3ccncc3)nc12.Cl. The number of rotatable bonds is 5. The number of halogens is 1. The van der Waals surface area contributed by atoms with Crippen molar-refractivity contribution in [1.82, 2.24) is 14.9 Å². The largest absolute Gasteiger partial charge is 0.494 e. The van der Waals surface area contributed by atoms with Crippen LogP contribution in [-0.2, 0) is 6.54 Å². The maximum atomic E-state index is 12.6. The Kier molecular flexibility index (Phi) is 6.87. The molecule has 2 heterocycles. The summed E-state index contributed by atoms with van der Waals surface area (Å²) in [4.78, 5) is 22.9. The molecule has 8 heteroatoms. The Balaban J connectivity index is 0.00000256. The zero-order valence-corrected chi connectivity index (χ0v) is 18.2. The quantitative estimate of drug-likeness (QED) is 0.448. The summed E-state index contributed by atoms with van der Waals surface area (Å²) in [7, 11) is 3.37. The van der Waals surface area contributed by atoms with Gasteiger partial charge in [0.05, 0.1) is 11.8 Å². The highest BCUT2D eigenvalue weighted by Crippen LogP contribution is 2.39. The molecule has 0 atom stereocenters. The van der Waals surface area contributed by atoms with Gasteiger partial charge in [0.15, 0.2) is 5.13 Å². The van der Waals surface area contributed by atoms with Gasteiger partial charge >= 0.3 is 6.03 Å². The lowest BCUT2D eigenvalue weighted by Gasteiger charge is -2.16. The van der Waals surface area contributed by atoms with E-state index in [0.29, 0.717) is 17.4 Å². The average molecular weight is 441 g/mol. The van der Waals surface area contributed by atoms with Crippen LogP contribution >= 0.6 is 23.7 Å². The van der Waals surface area contributed by atoms with Crippen LogP contribution in [0, 0.1) is 0 Å². The van der Waals surface area contributed by atoms with Crippen molar-refractivity contribution >= 4 is 45.1 Å². The fourth-order valence-corrected chi connectivity index (χ4v) is 4.07. The molecule has 0 saturated carbocycles. The Bertz CT molecular complexity index is 1140. The van der Waals surface area contributed by atoms with Gasteiger partial charge in [0.1, 0.15) is 11.3 Å². The van der Waals surface area contributed by atoms with Crippen molar-refractivity contribution < 1.29 is 9.53 Å². The lowest BCUT2D eigenvalue weighted by Crippen LogP contribution is -2.30. The normalized spacial score (nSPS) is 10.3. The van der Waals surface area contributed by atoms with Gasteiger partial charge in [0, 0.05) is 31.5 Å². The molecule has 154 valence electrons. The average Bonchev–Trinajstić information content (AvgIpc) is 3.17. The zero-order valence-electron chi connectivity index (χ0n) is 16.5. The van der Waals surface area contributed by atoms with Gasteiger partial charge in [-0.05, 0) is 35.4 Å². The van der Waals surface area contributed by atoms with Crippen molar-refractivity contribution in [3.05, 3.63) is 72.6 Å². The van der Waals surface area contributed by atoms with E-state index in [4.69, 9.17) is 4.74 Å². The number of ether oxygens (including phenoxy) is 1.